The lowest BCUT2D eigenvalue weighted by atomic mass is 10.2. The van der Waals surface area contributed by atoms with Gasteiger partial charge in [-0.25, -0.2) is 9.78 Å². The van der Waals surface area contributed by atoms with Gasteiger partial charge in [-0.2, -0.15) is 0 Å². The Balaban J connectivity index is 1.50. The molecule has 0 radical (unpaired) electrons. The number of nitrogens with zero attached hydrogens (tertiary/aromatic N) is 1. The Hall–Kier alpha value is -1.83. The van der Waals surface area contributed by atoms with Crippen LogP contribution in [0.2, 0.25) is 10.0 Å². The Labute approximate surface area is 165 Å². The zero-order chi connectivity index (χ0) is 18.5. The van der Waals surface area contributed by atoms with E-state index in [0.717, 1.165) is 25.7 Å². The van der Waals surface area contributed by atoms with E-state index in [9.17, 15) is 9.59 Å². The van der Waals surface area contributed by atoms with Crippen molar-refractivity contribution in [2.45, 2.75) is 38.1 Å². The van der Waals surface area contributed by atoms with Crippen molar-refractivity contribution < 1.29 is 9.59 Å². The van der Waals surface area contributed by atoms with Gasteiger partial charge in [0.15, 0.2) is 5.13 Å². The number of anilines is 2. The van der Waals surface area contributed by atoms with Crippen LogP contribution < -0.4 is 16.0 Å². The number of amides is 3. The zero-order valence-corrected chi connectivity index (χ0v) is 16.2. The topological polar surface area (TPSA) is 83.1 Å². The van der Waals surface area contributed by atoms with E-state index in [0.29, 0.717) is 26.6 Å². The van der Waals surface area contributed by atoms with Crippen molar-refractivity contribution in [3.8, 4) is 0 Å². The second-order valence-electron chi connectivity index (χ2n) is 6.11. The molecule has 0 unspecified atom stereocenters. The van der Waals surface area contributed by atoms with E-state index < -0.39 is 0 Å². The molecule has 0 aliphatic heterocycles. The third-order valence-corrected chi connectivity index (χ3v) is 5.19. The van der Waals surface area contributed by atoms with Gasteiger partial charge in [0, 0.05) is 27.2 Å². The molecule has 1 aliphatic rings. The van der Waals surface area contributed by atoms with Crippen molar-refractivity contribution in [1.82, 2.24) is 10.3 Å². The van der Waals surface area contributed by atoms with Crippen molar-refractivity contribution in [3.63, 3.8) is 0 Å². The minimum absolute atomic E-state index is 0.0898. The van der Waals surface area contributed by atoms with E-state index in [1.165, 1.54) is 11.3 Å². The molecule has 0 saturated heterocycles. The average molecular weight is 413 g/mol. The number of nitrogens with one attached hydrogen (secondary N) is 3. The fourth-order valence-corrected chi connectivity index (χ4v) is 4.06. The Morgan fingerprint density at radius 1 is 1.12 bits per heavy atom. The Bertz CT molecular complexity index is 786. The van der Waals surface area contributed by atoms with E-state index in [1.54, 1.807) is 23.6 Å². The van der Waals surface area contributed by atoms with E-state index in [-0.39, 0.29) is 24.4 Å². The van der Waals surface area contributed by atoms with E-state index in [1.807, 2.05) is 0 Å². The maximum Gasteiger partial charge on any atom is 0.321 e. The standard InChI is InChI=1S/C17H18Cl2N4O2S/c18-10-5-11(19)7-13(6-10)20-15(24)8-14-9-26-17(22-14)23-16(25)21-12-3-1-2-4-12/h5-7,9,12H,1-4,8H2,(H,20,24)(H2,21,22,23,25). The van der Waals surface area contributed by atoms with Crippen LogP contribution in [0.25, 0.3) is 0 Å². The first-order valence-corrected chi connectivity index (χ1v) is 9.89. The highest BCUT2D eigenvalue weighted by molar-refractivity contribution is 7.13. The monoisotopic (exact) mass is 412 g/mol. The van der Waals surface area contributed by atoms with Crippen LogP contribution in [-0.4, -0.2) is 23.0 Å². The summed E-state index contributed by atoms with van der Waals surface area (Å²) in [6.07, 6.45) is 4.43. The van der Waals surface area contributed by atoms with Crippen LogP contribution in [0.15, 0.2) is 23.6 Å². The molecule has 3 rings (SSSR count). The number of halogens is 2. The number of rotatable bonds is 5. The highest BCUT2D eigenvalue weighted by Crippen LogP contribution is 2.23. The fraction of sp³-hybridized carbons (Fsp3) is 0.353. The highest BCUT2D eigenvalue weighted by atomic mass is 35.5. The molecule has 1 saturated carbocycles. The lowest BCUT2D eigenvalue weighted by Crippen LogP contribution is -2.36. The molecule has 9 heteroatoms. The molecule has 138 valence electrons. The quantitative estimate of drug-likeness (QED) is 0.665. The van der Waals surface area contributed by atoms with Crippen LogP contribution >= 0.6 is 34.5 Å². The van der Waals surface area contributed by atoms with Gasteiger partial charge in [-0.1, -0.05) is 36.0 Å². The average Bonchev–Trinajstić information content (AvgIpc) is 3.18. The first kappa shape index (κ1) is 18.9. The number of thiazole rings is 1. The van der Waals surface area contributed by atoms with Gasteiger partial charge < -0.3 is 10.6 Å². The van der Waals surface area contributed by atoms with Crippen LogP contribution in [0, 0.1) is 0 Å². The Morgan fingerprint density at radius 3 is 2.50 bits per heavy atom. The molecule has 1 aromatic carbocycles. The van der Waals surface area contributed by atoms with Crippen molar-refractivity contribution >= 4 is 57.3 Å². The maximum absolute atomic E-state index is 12.1. The normalized spacial score (nSPS) is 14.2. The minimum Gasteiger partial charge on any atom is -0.335 e. The van der Waals surface area contributed by atoms with Crippen molar-refractivity contribution in [3.05, 3.63) is 39.3 Å². The molecule has 6 nitrogen and oxygen atoms in total. The molecule has 26 heavy (non-hydrogen) atoms. The van der Waals surface area contributed by atoms with Crippen LogP contribution in [0.5, 0.6) is 0 Å². The van der Waals surface area contributed by atoms with Gasteiger partial charge in [0.1, 0.15) is 0 Å². The third kappa shape index (κ3) is 5.59. The summed E-state index contributed by atoms with van der Waals surface area (Å²) in [4.78, 5) is 28.4. The summed E-state index contributed by atoms with van der Waals surface area (Å²) >= 11 is 13.1. The summed E-state index contributed by atoms with van der Waals surface area (Å²) in [5, 5.41) is 11.5. The van der Waals surface area contributed by atoms with E-state index in [4.69, 9.17) is 23.2 Å². The van der Waals surface area contributed by atoms with E-state index >= 15 is 0 Å². The van der Waals surface area contributed by atoms with Crippen LogP contribution in [-0.2, 0) is 11.2 Å². The number of hydrogen-bond donors (Lipinski definition) is 3. The summed E-state index contributed by atoms with van der Waals surface area (Å²) in [7, 11) is 0. The van der Waals surface area contributed by atoms with Crippen molar-refractivity contribution in [2.75, 3.05) is 10.6 Å². The van der Waals surface area contributed by atoms with Gasteiger partial charge >= 0.3 is 6.03 Å². The lowest BCUT2D eigenvalue weighted by molar-refractivity contribution is -0.115. The molecule has 1 aromatic heterocycles. The van der Waals surface area contributed by atoms with Crippen LogP contribution in [0.4, 0.5) is 15.6 Å². The van der Waals surface area contributed by atoms with Gasteiger partial charge in [-0.05, 0) is 31.0 Å². The first-order valence-electron chi connectivity index (χ1n) is 8.26. The predicted molar refractivity (Wildman–Crippen MR) is 105 cm³/mol. The minimum atomic E-state index is -0.254. The van der Waals surface area contributed by atoms with Crippen LogP contribution in [0.3, 0.4) is 0 Å². The summed E-state index contributed by atoms with van der Waals surface area (Å²) < 4.78 is 0. The largest absolute Gasteiger partial charge is 0.335 e. The smallest absolute Gasteiger partial charge is 0.321 e. The number of urea groups is 1. The van der Waals surface area contributed by atoms with Crippen LogP contribution in [0.1, 0.15) is 31.4 Å². The summed E-state index contributed by atoms with van der Waals surface area (Å²) in [5.74, 6) is -0.240. The Morgan fingerprint density at radius 2 is 1.81 bits per heavy atom. The molecule has 1 aliphatic carbocycles. The van der Waals surface area contributed by atoms with Crippen molar-refractivity contribution in [2.24, 2.45) is 0 Å². The predicted octanol–water partition coefficient (Wildman–Crippen LogP) is 4.70. The van der Waals surface area contributed by atoms with Crippen molar-refractivity contribution in [1.29, 1.82) is 0 Å². The second kappa shape index (κ2) is 8.70. The molecule has 0 atom stereocenters. The Kier molecular flexibility index (Phi) is 6.34. The van der Waals surface area contributed by atoms with E-state index in [2.05, 4.69) is 20.9 Å². The molecule has 3 amide bonds. The lowest BCUT2D eigenvalue weighted by Gasteiger charge is -2.11. The van der Waals surface area contributed by atoms with Gasteiger partial charge in [0.2, 0.25) is 5.91 Å². The number of aromatic nitrogens is 1. The summed E-state index contributed by atoms with van der Waals surface area (Å²) in [6.45, 7) is 0. The number of carbonyl (C=O) groups is 2. The summed E-state index contributed by atoms with van der Waals surface area (Å²) in [5.41, 5.74) is 1.11. The molecule has 1 heterocycles. The molecule has 0 spiro atoms. The molecular formula is C17H18Cl2N4O2S. The van der Waals surface area contributed by atoms with Gasteiger partial charge in [-0.15, -0.1) is 11.3 Å². The number of benzene rings is 1. The SMILES string of the molecule is O=C(Cc1csc(NC(=O)NC2CCCC2)n1)Nc1cc(Cl)cc(Cl)c1. The number of hydrogen-bond acceptors (Lipinski definition) is 4. The fourth-order valence-electron chi connectivity index (χ4n) is 2.83. The molecular weight excluding hydrogens is 395 g/mol. The highest BCUT2D eigenvalue weighted by Gasteiger charge is 2.18. The van der Waals surface area contributed by atoms with Gasteiger partial charge in [0.25, 0.3) is 0 Å². The van der Waals surface area contributed by atoms with Gasteiger partial charge in [0.05, 0.1) is 12.1 Å². The number of carbonyl (C=O) groups excluding carboxylic acids is 2. The molecule has 0 bridgehead atoms. The summed E-state index contributed by atoms with van der Waals surface area (Å²) in [6, 6.07) is 4.81. The molecule has 1 fully saturated rings. The molecule has 2 aromatic rings. The first-order chi connectivity index (χ1) is 12.5. The zero-order valence-electron chi connectivity index (χ0n) is 13.9. The second-order valence-corrected chi connectivity index (χ2v) is 7.84. The maximum atomic E-state index is 12.1. The third-order valence-electron chi connectivity index (χ3n) is 3.95. The van der Waals surface area contributed by atoms with Gasteiger partial charge in [-0.3, -0.25) is 10.1 Å². The molecule has 3 N–H and O–H groups in total.